The third-order valence-corrected chi connectivity index (χ3v) is 2.47. The molecule has 0 aliphatic heterocycles. The van der Waals surface area contributed by atoms with Crippen molar-refractivity contribution in [3.8, 4) is 6.07 Å². The van der Waals surface area contributed by atoms with Gasteiger partial charge in [-0.05, 0) is 39.5 Å². The van der Waals surface area contributed by atoms with Gasteiger partial charge in [-0.2, -0.15) is 5.26 Å². The lowest BCUT2D eigenvalue weighted by molar-refractivity contribution is 0.393. The summed E-state index contributed by atoms with van der Waals surface area (Å²) in [5.74, 6) is 0.0206. The number of aryl methyl sites for hydroxylation is 1. The van der Waals surface area contributed by atoms with Crippen molar-refractivity contribution in [2.24, 2.45) is 0 Å². The fourth-order valence-corrected chi connectivity index (χ4v) is 1.58. The summed E-state index contributed by atoms with van der Waals surface area (Å²) in [4.78, 5) is 2.11. The first kappa shape index (κ1) is 11.7. The summed E-state index contributed by atoms with van der Waals surface area (Å²) in [5, 5.41) is 9.11. The molecule has 0 aromatic heterocycles. The molecular formula is C13H18N2. The zero-order valence-corrected chi connectivity index (χ0v) is 9.70. The number of hydrogen-bond acceptors (Lipinski definition) is 2. The molecule has 15 heavy (non-hydrogen) atoms. The van der Waals surface area contributed by atoms with Crippen molar-refractivity contribution in [2.75, 3.05) is 20.6 Å². The molecule has 0 N–H and O–H groups in total. The number of hydrogen-bond donors (Lipinski definition) is 0. The third kappa shape index (κ3) is 3.73. The van der Waals surface area contributed by atoms with Crippen LogP contribution in [0.2, 0.25) is 0 Å². The molecule has 1 rings (SSSR count). The van der Waals surface area contributed by atoms with Crippen molar-refractivity contribution in [3.05, 3.63) is 35.4 Å². The second kappa shape index (κ2) is 5.53. The van der Waals surface area contributed by atoms with Crippen LogP contribution in [0.5, 0.6) is 0 Å². The van der Waals surface area contributed by atoms with Crippen LogP contribution < -0.4 is 0 Å². The van der Waals surface area contributed by atoms with Gasteiger partial charge in [0, 0.05) is 0 Å². The van der Waals surface area contributed by atoms with E-state index < -0.39 is 0 Å². The van der Waals surface area contributed by atoms with Crippen molar-refractivity contribution in [3.63, 3.8) is 0 Å². The summed E-state index contributed by atoms with van der Waals surface area (Å²) in [6, 6.07) is 10.6. The molecule has 0 saturated carbocycles. The molecule has 0 radical (unpaired) electrons. The van der Waals surface area contributed by atoms with Crippen molar-refractivity contribution in [1.29, 1.82) is 5.26 Å². The molecule has 1 unspecified atom stereocenters. The van der Waals surface area contributed by atoms with Gasteiger partial charge in [0.15, 0.2) is 0 Å². The zero-order chi connectivity index (χ0) is 11.3. The fourth-order valence-electron chi connectivity index (χ4n) is 1.58. The topological polar surface area (TPSA) is 27.0 Å². The second-order valence-electron chi connectivity index (χ2n) is 4.19. The first-order valence-electron chi connectivity index (χ1n) is 5.24. The van der Waals surface area contributed by atoms with Gasteiger partial charge in [-0.3, -0.25) is 0 Å². The predicted octanol–water partition coefficient (Wildman–Crippen LogP) is 2.55. The molecule has 1 aromatic rings. The Labute approximate surface area is 92.1 Å². The van der Waals surface area contributed by atoms with Gasteiger partial charge in [0.2, 0.25) is 0 Å². The first-order chi connectivity index (χ1) is 7.13. The van der Waals surface area contributed by atoms with Crippen LogP contribution in [0.3, 0.4) is 0 Å². The van der Waals surface area contributed by atoms with Gasteiger partial charge < -0.3 is 4.90 Å². The quantitative estimate of drug-likeness (QED) is 0.750. The monoisotopic (exact) mass is 202 g/mol. The molecule has 0 aliphatic rings. The highest BCUT2D eigenvalue weighted by Crippen LogP contribution is 2.19. The smallest absolute Gasteiger partial charge is 0.0725 e. The van der Waals surface area contributed by atoms with Crippen molar-refractivity contribution < 1.29 is 0 Å². The van der Waals surface area contributed by atoms with Gasteiger partial charge in [-0.15, -0.1) is 0 Å². The molecule has 2 nitrogen and oxygen atoms in total. The van der Waals surface area contributed by atoms with E-state index in [1.54, 1.807) is 0 Å². The van der Waals surface area contributed by atoms with Gasteiger partial charge in [0.25, 0.3) is 0 Å². The van der Waals surface area contributed by atoms with Crippen LogP contribution in [0.15, 0.2) is 24.3 Å². The summed E-state index contributed by atoms with van der Waals surface area (Å²) < 4.78 is 0. The average molecular weight is 202 g/mol. The molecule has 80 valence electrons. The molecular weight excluding hydrogens is 184 g/mol. The molecule has 1 aromatic carbocycles. The van der Waals surface area contributed by atoms with E-state index in [1.165, 1.54) is 5.56 Å². The Bertz CT molecular complexity index is 350. The predicted molar refractivity (Wildman–Crippen MR) is 62.7 cm³/mol. The maximum Gasteiger partial charge on any atom is 0.0725 e. The van der Waals surface area contributed by atoms with E-state index >= 15 is 0 Å². The molecule has 0 aliphatic carbocycles. The van der Waals surface area contributed by atoms with Crippen LogP contribution in [-0.2, 0) is 0 Å². The lowest BCUT2D eigenvalue weighted by Gasteiger charge is -2.13. The van der Waals surface area contributed by atoms with E-state index in [0.717, 1.165) is 18.5 Å². The lowest BCUT2D eigenvalue weighted by Crippen LogP contribution is -2.15. The Hall–Kier alpha value is -1.33. The van der Waals surface area contributed by atoms with Crippen molar-refractivity contribution >= 4 is 0 Å². The van der Waals surface area contributed by atoms with Gasteiger partial charge in [0.05, 0.1) is 12.0 Å². The van der Waals surface area contributed by atoms with Gasteiger partial charge in [0.1, 0.15) is 0 Å². The lowest BCUT2D eigenvalue weighted by atomic mass is 9.96. The number of benzene rings is 1. The molecule has 0 amide bonds. The second-order valence-corrected chi connectivity index (χ2v) is 4.19. The minimum absolute atomic E-state index is 0.0206. The Kier molecular flexibility index (Phi) is 4.33. The normalized spacial score (nSPS) is 12.5. The van der Waals surface area contributed by atoms with Crippen molar-refractivity contribution in [2.45, 2.75) is 19.3 Å². The maximum absolute atomic E-state index is 9.11. The van der Waals surface area contributed by atoms with E-state index in [9.17, 15) is 0 Å². The van der Waals surface area contributed by atoms with Gasteiger partial charge >= 0.3 is 0 Å². The Morgan fingerprint density at radius 2 is 2.13 bits per heavy atom. The standard InChI is InChI=1S/C13H18N2/c1-11-5-4-6-12(9-11)13(10-14)7-8-15(2)3/h4-6,9,13H,7-8H2,1-3H3. The number of nitrogens with zero attached hydrogens (tertiary/aromatic N) is 2. The zero-order valence-electron chi connectivity index (χ0n) is 9.70. The Balaban J connectivity index is 2.71. The highest BCUT2D eigenvalue weighted by molar-refractivity contribution is 5.29. The molecule has 1 atom stereocenters. The Morgan fingerprint density at radius 1 is 1.40 bits per heavy atom. The van der Waals surface area contributed by atoms with E-state index in [0.29, 0.717) is 0 Å². The summed E-state index contributed by atoms with van der Waals surface area (Å²) in [6.07, 6.45) is 0.896. The molecule has 0 saturated heterocycles. The molecule has 0 bridgehead atoms. The summed E-state index contributed by atoms with van der Waals surface area (Å²) in [5.41, 5.74) is 2.36. The van der Waals surface area contributed by atoms with Crippen molar-refractivity contribution in [1.82, 2.24) is 4.90 Å². The average Bonchev–Trinajstić information content (AvgIpc) is 2.18. The van der Waals surface area contributed by atoms with Crippen LogP contribution >= 0.6 is 0 Å². The Morgan fingerprint density at radius 3 is 2.67 bits per heavy atom. The number of rotatable bonds is 4. The fraction of sp³-hybridized carbons (Fsp3) is 0.462. The highest BCUT2D eigenvalue weighted by Gasteiger charge is 2.10. The molecule has 0 fully saturated rings. The van der Waals surface area contributed by atoms with E-state index in [1.807, 2.05) is 26.2 Å². The van der Waals surface area contributed by atoms with Crippen LogP contribution in [0, 0.1) is 18.3 Å². The minimum atomic E-state index is 0.0206. The highest BCUT2D eigenvalue weighted by atomic mass is 15.0. The van der Waals surface area contributed by atoms with E-state index in [4.69, 9.17) is 5.26 Å². The largest absolute Gasteiger partial charge is 0.309 e. The maximum atomic E-state index is 9.11. The number of nitriles is 1. The van der Waals surface area contributed by atoms with Gasteiger partial charge in [-0.1, -0.05) is 29.8 Å². The molecule has 0 heterocycles. The minimum Gasteiger partial charge on any atom is -0.309 e. The van der Waals surface area contributed by atoms with Crippen LogP contribution in [-0.4, -0.2) is 25.5 Å². The van der Waals surface area contributed by atoms with E-state index in [2.05, 4.69) is 30.0 Å². The van der Waals surface area contributed by atoms with Crippen LogP contribution in [0.4, 0.5) is 0 Å². The van der Waals surface area contributed by atoms with E-state index in [-0.39, 0.29) is 5.92 Å². The van der Waals surface area contributed by atoms with Crippen LogP contribution in [0.1, 0.15) is 23.5 Å². The third-order valence-electron chi connectivity index (χ3n) is 2.47. The summed E-state index contributed by atoms with van der Waals surface area (Å²) in [6.45, 7) is 3.01. The molecule has 0 spiro atoms. The SMILES string of the molecule is Cc1cccc(C(C#N)CCN(C)C)c1. The first-order valence-corrected chi connectivity index (χ1v) is 5.24. The summed E-state index contributed by atoms with van der Waals surface area (Å²) >= 11 is 0. The van der Waals surface area contributed by atoms with Gasteiger partial charge in [-0.25, -0.2) is 0 Å². The van der Waals surface area contributed by atoms with Crippen LogP contribution in [0.25, 0.3) is 0 Å². The summed E-state index contributed by atoms with van der Waals surface area (Å²) in [7, 11) is 4.06. The molecule has 2 heteroatoms.